The standard InChI is InChI=1S/C11H18O2/c12-9-5-4-8-11(13)10-6-2-1-3-7-10/h10-13H,1-3,5-7,9H2/t11-/m0/s1. The maximum Gasteiger partial charge on any atom is 0.117 e. The van der Waals surface area contributed by atoms with Crippen molar-refractivity contribution < 1.29 is 10.2 Å². The molecule has 0 spiro atoms. The van der Waals surface area contributed by atoms with Crippen molar-refractivity contribution in [1.82, 2.24) is 0 Å². The van der Waals surface area contributed by atoms with Gasteiger partial charge in [-0.15, -0.1) is 0 Å². The molecule has 0 saturated heterocycles. The fourth-order valence-electron chi connectivity index (χ4n) is 1.80. The second-order valence-corrected chi connectivity index (χ2v) is 3.64. The molecule has 0 aromatic heterocycles. The van der Waals surface area contributed by atoms with Crippen molar-refractivity contribution in [3.8, 4) is 11.8 Å². The lowest BCUT2D eigenvalue weighted by Gasteiger charge is -2.23. The van der Waals surface area contributed by atoms with Gasteiger partial charge in [-0.25, -0.2) is 0 Å². The monoisotopic (exact) mass is 182 g/mol. The van der Waals surface area contributed by atoms with Gasteiger partial charge in [0.2, 0.25) is 0 Å². The largest absolute Gasteiger partial charge is 0.395 e. The number of hydrogen-bond acceptors (Lipinski definition) is 2. The molecule has 0 heterocycles. The Kier molecular flexibility index (Phi) is 4.88. The molecule has 0 aromatic carbocycles. The van der Waals surface area contributed by atoms with Gasteiger partial charge in [0.15, 0.2) is 0 Å². The average molecular weight is 182 g/mol. The van der Waals surface area contributed by atoms with Crippen LogP contribution >= 0.6 is 0 Å². The molecule has 1 aliphatic carbocycles. The van der Waals surface area contributed by atoms with Crippen molar-refractivity contribution in [2.75, 3.05) is 6.61 Å². The summed E-state index contributed by atoms with van der Waals surface area (Å²) in [6, 6.07) is 0. The van der Waals surface area contributed by atoms with Crippen molar-refractivity contribution in [2.45, 2.75) is 44.6 Å². The van der Waals surface area contributed by atoms with Crippen LogP contribution in [0, 0.1) is 17.8 Å². The van der Waals surface area contributed by atoms with E-state index in [1.807, 2.05) is 0 Å². The predicted octanol–water partition coefficient (Wildman–Crippen LogP) is 1.31. The molecule has 2 heteroatoms. The van der Waals surface area contributed by atoms with Crippen LogP contribution in [0.5, 0.6) is 0 Å². The Morgan fingerprint density at radius 2 is 1.92 bits per heavy atom. The van der Waals surface area contributed by atoms with Crippen LogP contribution in [0.15, 0.2) is 0 Å². The Bertz CT molecular complexity index is 184. The molecule has 1 aliphatic rings. The average Bonchev–Trinajstić information content (AvgIpc) is 2.19. The molecule has 1 fully saturated rings. The van der Waals surface area contributed by atoms with E-state index in [1.54, 1.807) is 0 Å². The smallest absolute Gasteiger partial charge is 0.117 e. The van der Waals surface area contributed by atoms with Crippen LogP contribution in [-0.2, 0) is 0 Å². The van der Waals surface area contributed by atoms with E-state index in [-0.39, 0.29) is 6.61 Å². The summed E-state index contributed by atoms with van der Waals surface area (Å²) in [6.07, 6.45) is 5.97. The molecule has 2 N–H and O–H groups in total. The van der Waals surface area contributed by atoms with Gasteiger partial charge in [0.25, 0.3) is 0 Å². The number of rotatable bonds is 2. The summed E-state index contributed by atoms with van der Waals surface area (Å²) in [5.74, 6) is 5.96. The van der Waals surface area contributed by atoms with Gasteiger partial charge in [0.05, 0.1) is 6.61 Å². The van der Waals surface area contributed by atoms with Crippen molar-refractivity contribution in [2.24, 2.45) is 5.92 Å². The Morgan fingerprint density at radius 3 is 2.54 bits per heavy atom. The molecule has 2 nitrogen and oxygen atoms in total. The SMILES string of the molecule is OCCC#C[C@H](O)C1CCCCC1. The van der Waals surface area contributed by atoms with E-state index in [9.17, 15) is 5.11 Å². The summed E-state index contributed by atoms with van der Waals surface area (Å²) < 4.78 is 0. The van der Waals surface area contributed by atoms with E-state index >= 15 is 0 Å². The normalized spacial score (nSPS) is 20.5. The number of aliphatic hydroxyl groups is 2. The van der Waals surface area contributed by atoms with Crippen LogP contribution in [-0.4, -0.2) is 22.9 Å². The number of hydrogen-bond donors (Lipinski definition) is 2. The van der Waals surface area contributed by atoms with Crippen LogP contribution in [0.1, 0.15) is 38.5 Å². The summed E-state index contributed by atoms with van der Waals surface area (Å²) in [5.41, 5.74) is 0. The highest BCUT2D eigenvalue weighted by atomic mass is 16.3. The molecule has 1 atom stereocenters. The third-order valence-electron chi connectivity index (χ3n) is 2.58. The molecule has 74 valence electrons. The van der Waals surface area contributed by atoms with Crippen molar-refractivity contribution in [3.63, 3.8) is 0 Å². The van der Waals surface area contributed by atoms with Gasteiger partial charge in [-0.2, -0.15) is 0 Å². The highest BCUT2D eigenvalue weighted by molar-refractivity contribution is 5.06. The zero-order valence-electron chi connectivity index (χ0n) is 8.00. The van der Waals surface area contributed by atoms with Gasteiger partial charge < -0.3 is 10.2 Å². The first-order chi connectivity index (χ1) is 6.34. The molecule has 0 unspecified atom stereocenters. The molecule has 1 saturated carbocycles. The summed E-state index contributed by atoms with van der Waals surface area (Å²) in [7, 11) is 0. The van der Waals surface area contributed by atoms with Gasteiger partial charge in [0.1, 0.15) is 6.10 Å². The Balaban J connectivity index is 2.29. The molecule has 1 rings (SSSR count). The second-order valence-electron chi connectivity index (χ2n) is 3.64. The minimum atomic E-state index is -0.466. The minimum Gasteiger partial charge on any atom is -0.395 e. The maximum atomic E-state index is 9.65. The van der Waals surface area contributed by atoms with E-state index in [0.29, 0.717) is 12.3 Å². The Hall–Kier alpha value is -0.520. The van der Waals surface area contributed by atoms with Gasteiger partial charge in [-0.3, -0.25) is 0 Å². The molecule has 13 heavy (non-hydrogen) atoms. The lowest BCUT2D eigenvalue weighted by molar-refractivity contribution is 0.133. The fourth-order valence-corrected chi connectivity index (χ4v) is 1.80. The van der Waals surface area contributed by atoms with E-state index in [0.717, 1.165) is 12.8 Å². The highest BCUT2D eigenvalue weighted by Gasteiger charge is 2.19. The van der Waals surface area contributed by atoms with Gasteiger partial charge in [-0.1, -0.05) is 31.1 Å². The zero-order valence-corrected chi connectivity index (χ0v) is 8.00. The van der Waals surface area contributed by atoms with Crippen molar-refractivity contribution >= 4 is 0 Å². The zero-order chi connectivity index (χ0) is 9.52. The highest BCUT2D eigenvalue weighted by Crippen LogP contribution is 2.25. The van der Waals surface area contributed by atoms with Crippen LogP contribution in [0.3, 0.4) is 0 Å². The van der Waals surface area contributed by atoms with Crippen LogP contribution in [0.2, 0.25) is 0 Å². The van der Waals surface area contributed by atoms with Crippen LogP contribution < -0.4 is 0 Å². The second kappa shape index (κ2) is 6.01. The first kappa shape index (κ1) is 10.6. The van der Waals surface area contributed by atoms with Gasteiger partial charge in [0, 0.05) is 6.42 Å². The molecule has 0 aromatic rings. The molecule has 0 bridgehead atoms. The quantitative estimate of drug-likeness (QED) is 0.632. The summed E-state index contributed by atoms with van der Waals surface area (Å²) in [4.78, 5) is 0. The van der Waals surface area contributed by atoms with Crippen molar-refractivity contribution in [1.29, 1.82) is 0 Å². The predicted molar refractivity (Wildman–Crippen MR) is 52.1 cm³/mol. The Morgan fingerprint density at radius 1 is 1.23 bits per heavy atom. The van der Waals surface area contributed by atoms with E-state index in [2.05, 4.69) is 11.8 Å². The third kappa shape index (κ3) is 3.80. The summed E-state index contributed by atoms with van der Waals surface area (Å²) in [5, 5.41) is 18.2. The molecule has 0 amide bonds. The lowest BCUT2D eigenvalue weighted by atomic mass is 9.85. The Labute approximate surface area is 80.0 Å². The lowest BCUT2D eigenvalue weighted by Crippen LogP contribution is -2.21. The first-order valence-electron chi connectivity index (χ1n) is 5.12. The van der Waals surface area contributed by atoms with E-state index in [1.165, 1.54) is 19.3 Å². The van der Waals surface area contributed by atoms with Gasteiger partial charge in [-0.05, 0) is 18.8 Å². The molecule has 0 radical (unpaired) electrons. The minimum absolute atomic E-state index is 0.0877. The van der Waals surface area contributed by atoms with E-state index < -0.39 is 6.10 Å². The summed E-state index contributed by atoms with van der Waals surface area (Å²) in [6.45, 7) is 0.0877. The van der Waals surface area contributed by atoms with Crippen LogP contribution in [0.25, 0.3) is 0 Å². The van der Waals surface area contributed by atoms with Crippen molar-refractivity contribution in [3.05, 3.63) is 0 Å². The molecular formula is C11H18O2. The maximum absolute atomic E-state index is 9.65. The molecular weight excluding hydrogens is 164 g/mol. The number of aliphatic hydroxyl groups excluding tert-OH is 2. The topological polar surface area (TPSA) is 40.5 Å². The third-order valence-corrected chi connectivity index (χ3v) is 2.58. The van der Waals surface area contributed by atoms with Crippen LogP contribution in [0.4, 0.5) is 0 Å². The van der Waals surface area contributed by atoms with Gasteiger partial charge >= 0.3 is 0 Å². The fraction of sp³-hybridized carbons (Fsp3) is 0.818. The van der Waals surface area contributed by atoms with E-state index in [4.69, 9.17) is 5.11 Å². The summed E-state index contributed by atoms with van der Waals surface area (Å²) >= 11 is 0. The first-order valence-corrected chi connectivity index (χ1v) is 5.12. The molecule has 0 aliphatic heterocycles.